The van der Waals surface area contributed by atoms with Gasteiger partial charge in [0, 0.05) is 36.0 Å². The maximum Gasteiger partial charge on any atom is 0.252 e. The molecule has 164 valence electrons. The number of rotatable bonds is 6. The number of sulfonamides is 1. The predicted molar refractivity (Wildman–Crippen MR) is 123 cm³/mol. The number of hydrogen-bond donors (Lipinski definition) is 0. The molecule has 1 fully saturated rings. The molecule has 0 amide bonds. The second-order valence-electron chi connectivity index (χ2n) is 7.45. The average molecular weight is 479 g/mol. The number of piperazine rings is 1. The van der Waals surface area contributed by atoms with E-state index < -0.39 is 26.6 Å². The molecule has 0 aliphatic carbocycles. The summed E-state index contributed by atoms with van der Waals surface area (Å²) >= 11 is 1.19. The fourth-order valence-corrected chi connectivity index (χ4v) is 7.60. The van der Waals surface area contributed by atoms with Gasteiger partial charge in [0.15, 0.2) is 0 Å². The highest BCUT2D eigenvalue weighted by Crippen LogP contribution is 2.28. The maximum absolute atomic E-state index is 13.6. The van der Waals surface area contributed by atoms with Gasteiger partial charge in [-0.05, 0) is 48.7 Å². The van der Waals surface area contributed by atoms with Crippen LogP contribution < -0.4 is 4.90 Å². The zero-order valence-electron chi connectivity index (χ0n) is 17.0. The molecule has 2 heterocycles. The van der Waals surface area contributed by atoms with Gasteiger partial charge in [0.05, 0.1) is 16.8 Å². The minimum absolute atomic E-state index is 0.202. The Morgan fingerprint density at radius 2 is 1.87 bits per heavy atom. The summed E-state index contributed by atoms with van der Waals surface area (Å²) in [5, 5.41) is 1.74. The summed E-state index contributed by atoms with van der Waals surface area (Å²) in [5.74, 6) is -0.236. The fraction of sp³-hybridized carbons (Fsp3) is 0.273. The molecular weight excluding hydrogens is 455 g/mol. The lowest BCUT2D eigenvalue weighted by Crippen LogP contribution is -2.56. The maximum atomic E-state index is 13.6. The first-order chi connectivity index (χ1) is 14.8. The smallest absolute Gasteiger partial charge is 0.252 e. The highest BCUT2D eigenvalue weighted by atomic mass is 32.2. The average Bonchev–Trinajstić information content (AvgIpc) is 3.30. The monoisotopic (exact) mass is 478 g/mol. The molecule has 0 radical (unpaired) electrons. The SMILES string of the molecule is Cc1ccc(N2CCN(S(=O)(=O)c3cccs3)C[C@@H]2C[S@](=O)c2cccc(F)c2)cc1. The third-order valence-electron chi connectivity index (χ3n) is 5.30. The highest BCUT2D eigenvalue weighted by Gasteiger charge is 2.35. The van der Waals surface area contributed by atoms with Gasteiger partial charge in [-0.25, -0.2) is 12.8 Å². The van der Waals surface area contributed by atoms with Crippen molar-refractivity contribution in [1.82, 2.24) is 4.31 Å². The Kier molecular flexibility index (Phi) is 6.57. The summed E-state index contributed by atoms with van der Waals surface area (Å²) in [6, 6.07) is 16.8. The first-order valence-corrected chi connectivity index (χ1v) is 13.5. The molecule has 1 aliphatic rings. The number of thiophene rings is 1. The third kappa shape index (κ3) is 4.90. The van der Waals surface area contributed by atoms with E-state index in [0.717, 1.165) is 11.3 Å². The van der Waals surface area contributed by atoms with Gasteiger partial charge in [-0.1, -0.05) is 29.8 Å². The van der Waals surface area contributed by atoms with Crippen molar-refractivity contribution >= 4 is 37.8 Å². The molecule has 0 saturated carbocycles. The summed E-state index contributed by atoms with van der Waals surface area (Å²) in [4.78, 5) is 2.51. The number of hydrogen-bond acceptors (Lipinski definition) is 5. The molecule has 0 N–H and O–H groups in total. The second kappa shape index (κ2) is 9.20. The fourth-order valence-electron chi connectivity index (χ4n) is 3.68. The molecule has 0 bridgehead atoms. The summed E-state index contributed by atoms with van der Waals surface area (Å²) in [5.41, 5.74) is 2.09. The van der Waals surface area contributed by atoms with Gasteiger partial charge in [-0.2, -0.15) is 4.31 Å². The van der Waals surface area contributed by atoms with Gasteiger partial charge in [0.1, 0.15) is 10.0 Å². The van der Waals surface area contributed by atoms with Crippen LogP contribution in [0.15, 0.2) is 75.1 Å². The van der Waals surface area contributed by atoms with E-state index in [1.165, 1.54) is 33.8 Å². The highest BCUT2D eigenvalue weighted by molar-refractivity contribution is 7.91. The number of halogens is 1. The van der Waals surface area contributed by atoms with Crippen LogP contribution in [0.5, 0.6) is 0 Å². The molecule has 2 atom stereocenters. The first kappa shape index (κ1) is 22.1. The van der Waals surface area contributed by atoms with Crippen molar-refractivity contribution in [2.45, 2.75) is 22.1 Å². The number of anilines is 1. The van der Waals surface area contributed by atoms with Gasteiger partial charge in [-0.3, -0.25) is 4.21 Å². The van der Waals surface area contributed by atoms with Crippen molar-refractivity contribution in [2.75, 3.05) is 30.3 Å². The molecule has 9 heteroatoms. The van der Waals surface area contributed by atoms with Crippen molar-refractivity contribution < 1.29 is 17.0 Å². The van der Waals surface area contributed by atoms with Crippen LogP contribution in [-0.2, 0) is 20.8 Å². The Morgan fingerprint density at radius 1 is 1.10 bits per heavy atom. The largest absolute Gasteiger partial charge is 0.365 e. The topological polar surface area (TPSA) is 57.7 Å². The van der Waals surface area contributed by atoms with Crippen LogP contribution >= 0.6 is 11.3 Å². The van der Waals surface area contributed by atoms with Crippen LogP contribution in [0, 0.1) is 12.7 Å². The molecular formula is C22H23FN2O3S3. The zero-order chi connectivity index (χ0) is 22.0. The van der Waals surface area contributed by atoms with Gasteiger partial charge < -0.3 is 4.90 Å². The molecule has 1 saturated heterocycles. The molecule has 3 aromatic rings. The van der Waals surface area contributed by atoms with Crippen molar-refractivity contribution in [2.24, 2.45) is 0 Å². The van der Waals surface area contributed by atoms with Crippen LogP contribution in [0.2, 0.25) is 0 Å². The minimum atomic E-state index is -3.60. The third-order valence-corrected chi connectivity index (χ3v) is 10.0. The summed E-state index contributed by atoms with van der Waals surface area (Å²) < 4.78 is 54.6. The zero-order valence-corrected chi connectivity index (χ0v) is 19.4. The minimum Gasteiger partial charge on any atom is -0.365 e. The molecule has 1 aliphatic heterocycles. The standard InChI is InChI=1S/C22H23FN2O3S3/c1-17-7-9-19(10-8-17)25-12-11-24(31(27,28)22-6-3-13-29-22)15-20(25)16-30(26)21-5-2-4-18(23)14-21/h2-10,13-14,20H,11-12,15-16H2,1H3/t20-,30+/m1/s1. The summed E-state index contributed by atoms with van der Waals surface area (Å²) in [7, 11) is -5.07. The molecule has 2 aromatic carbocycles. The van der Waals surface area contributed by atoms with Crippen LogP contribution in [0.1, 0.15) is 5.56 Å². The van der Waals surface area contributed by atoms with Crippen LogP contribution in [0.3, 0.4) is 0 Å². The second-order valence-corrected chi connectivity index (χ2v) is 12.1. The van der Waals surface area contributed by atoms with E-state index in [2.05, 4.69) is 4.90 Å². The van der Waals surface area contributed by atoms with Gasteiger partial charge >= 0.3 is 0 Å². The Labute approximate surface area is 188 Å². The number of benzene rings is 2. The molecule has 5 nitrogen and oxygen atoms in total. The number of aryl methyl sites for hydroxylation is 1. The summed E-state index contributed by atoms with van der Waals surface area (Å²) in [6.07, 6.45) is 0. The molecule has 1 aromatic heterocycles. The van der Waals surface area contributed by atoms with E-state index in [4.69, 9.17) is 0 Å². The Morgan fingerprint density at radius 3 is 2.55 bits per heavy atom. The van der Waals surface area contributed by atoms with Crippen LogP contribution in [0.25, 0.3) is 0 Å². The van der Waals surface area contributed by atoms with E-state index in [-0.39, 0.29) is 18.3 Å². The molecule has 4 rings (SSSR count). The molecule has 0 unspecified atom stereocenters. The van der Waals surface area contributed by atoms with Crippen molar-refractivity contribution in [1.29, 1.82) is 0 Å². The van der Waals surface area contributed by atoms with Crippen LogP contribution in [-0.4, -0.2) is 48.4 Å². The Balaban J connectivity index is 1.62. The Bertz CT molecular complexity index is 1160. The first-order valence-electron chi connectivity index (χ1n) is 9.85. The van der Waals surface area contributed by atoms with E-state index in [0.29, 0.717) is 22.2 Å². The van der Waals surface area contributed by atoms with E-state index >= 15 is 0 Å². The van der Waals surface area contributed by atoms with E-state index in [9.17, 15) is 17.0 Å². The van der Waals surface area contributed by atoms with E-state index in [1.807, 2.05) is 31.2 Å². The van der Waals surface area contributed by atoms with Gasteiger partial charge in [0.25, 0.3) is 10.0 Å². The lowest BCUT2D eigenvalue weighted by Gasteiger charge is -2.42. The Hall–Kier alpha value is -2.07. The van der Waals surface area contributed by atoms with Crippen molar-refractivity contribution in [3.63, 3.8) is 0 Å². The molecule has 31 heavy (non-hydrogen) atoms. The predicted octanol–water partition coefficient (Wildman–Crippen LogP) is 3.88. The quantitative estimate of drug-likeness (QED) is 0.540. The van der Waals surface area contributed by atoms with Gasteiger partial charge in [-0.15, -0.1) is 11.3 Å². The normalized spacial score (nSPS) is 18.8. The van der Waals surface area contributed by atoms with Crippen LogP contribution in [0.4, 0.5) is 10.1 Å². The lowest BCUT2D eigenvalue weighted by molar-refractivity contribution is 0.345. The number of nitrogens with zero attached hydrogens (tertiary/aromatic N) is 2. The van der Waals surface area contributed by atoms with Crippen molar-refractivity contribution in [3.05, 3.63) is 77.4 Å². The molecule has 0 spiro atoms. The summed E-state index contributed by atoms with van der Waals surface area (Å²) in [6.45, 7) is 3.05. The van der Waals surface area contributed by atoms with Gasteiger partial charge in [0.2, 0.25) is 0 Å². The van der Waals surface area contributed by atoms with Crippen molar-refractivity contribution in [3.8, 4) is 0 Å². The van der Waals surface area contributed by atoms with E-state index in [1.54, 1.807) is 23.6 Å². The lowest BCUT2D eigenvalue weighted by atomic mass is 10.1.